The van der Waals surface area contributed by atoms with Gasteiger partial charge >= 0.3 is 0 Å². The first kappa shape index (κ1) is 21.2. The van der Waals surface area contributed by atoms with Gasteiger partial charge in [-0.25, -0.2) is 4.98 Å². The highest BCUT2D eigenvalue weighted by atomic mass is 127. The Morgan fingerprint density at radius 2 is 1.81 bits per heavy atom. The molecule has 0 fully saturated rings. The van der Waals surface area contributed by atoms with Crippen LogP contribution in [0.4, 0.5) is 5.69 Å². The van der Waals surface area contributed by atoms with Gasteiger partial charge in [0.2, 0.25) is 0 Å². The maximum absolute atomic E-state index is 13.4. The largest absolute Gasteiger partial charge is 0.278 e. The van der Waals surface area contributed by atoms with Crippen molar-refractivity contribution in [3.63, 3.8) is 0 Å². The molecule has 3 aromatic carbocycles. The molecule has 0 amide bonds. The molecule has 4 aromatic rings. The maximum Gasteiger partial charge on any atom is 0.278 e. The quantitative estimate of drug-likeness (QED) is 0.179. The molecule has 0 aliphatic rings. The minimum atomic E-state index is -0.492. The van der Waals surface area contributed by atoms with Crippen LogP contribution in [0.15, 0.2) is 65.5 Å². The molecule has 31 heavy (non-hydrogen) atoms. The van der Waals surface area contributed by atoms with Crippen LogP contribution < -0.4 is 5.56 Å². The average Bonchev–Trinajstić information content (AvgIpc) is 2.74. The topological polar surface area (TPSA) is 78.0 Å². The number of rotatable bonds is 4. The van der Waals surface area contributed by atoms with E-state index in [4.69, 9.17) is 11.6 Å². The number of nitro benzene ring substituents is 1. The summed E-state index contributed by atoms with van der Waals surface area (Å²) in [6, 6.07) is 17.4. The van der Waals surface area contributed by atoms with Crippen molar-refractivity contribution < 1.29 is 4.92 Å². The Balaban J connectivity index is 1.95. The lowest BCUT2D eigenvalue weighted by Gasteiger charge is -2.12. The van der Waals surface area contributed by atoms with Gasteiger partial charge in [0.25, 0.3) is 11.2 Å². The minimum Gasteiger partial charge on any atom is -0.268 e. The van der Waals surface area contributed by atoms with E-state index in [9.17, 15) is 14.9 Å². The normalized spacial score (nSPS) is 11.3. The molecule has 6 nitrogen and oxygen atoms in total. The molecule has 0 aliphatic heterocycles. The number of nitro groups is 1. The molecular formula is C23H15ClIN3O3. The summed E-state index contributed by atoms with van der Waals surface area (Å²) in [4.78, 5) is 29.0. The molecule has 0 spiro atoms. The first-order valence-electron chi connectivity index (χ1n) is 9.25. The molecule has 0 aliphatic carbocycles. The standard InChI is InChI=1S/C23H15ClIN3O3/c1-14-2-8-18(9-3-14)27-22(26-20-10-7-17(25)13-19(20)23(27)29)11-5-15-4-6-16(24)12-21(15)28(30)31/h2-13H,1H3/b11-5+. The highest BCUT2D eigenvalue weighted by Gasteiger charge is 2.14. The number of hydrogen-bond donors (Lipinski definition) is 0. The van der Waals surface area contributed by atoms with Crippen molar-refractivity contribution in [1.82, 2.24) is 9.55 Å². The van der Waals surface area contributed by atoms with Crippen LogP contribution in [0.25, 0.3) is 28.7 Å². The van der Waals surface area contributed by atoms with Crippen molar-refractivity contribution in [1.29, 1.82) is 0 Å². The van der Waals surface area contributed by atoms with Gasteiger partial charge in [-0.05, 0) is 84.1 Å². The highest BCUT2D eigenvalue weighted by Crippen LogP contribution is 2.25. The second-order valence-electron chi connectivity index (χ2n) is 6.90. The van der Waals surface area contributed by atoms with Crippen molar-refractivity contribution in [3.8, 4) is 5.69 Å². The fourth-order valence-corrected chi connectivity index (χ4v) is 3.87. The molecule has 0 saturated heterocycles. The highest BCUT2D eigenvalue weighted by molar-refractivity contribution is 14.1. The van der Waals surface area contributed by atoms with Crippen LogP contribution in [-0.4, -0.2) is 14.5 Å². The molecule has 8 heteroatoms. The molecule has 0 radical (unpaired) electrons. The Labute approximate surface area is 196 Å². The first-order chi connectivity index (χ1) is 14.8. The van der Waals surface area contributed by atoms with Gasteiger partial charge in [0.1, 0.15) is 5.82 Å². The predicted molar refractivity (Wildman–Crippen MR) is 132 cm³/mol. The summed E-state index contributed by atoms with van der Waals surface area (Å²) in [5.41, 5.74) is 2.31. The summed E-state index contributed by atoms with van der Waals surface area (Å²) in [5, 5.41) is 12.2. The van der Waals surface area contributed by atoms with E-state index in [2.05, 4.69) is 27.6 Å². The van der Waals surface area contributed by atoms with Crippen LogP contribution in [0, 0.1) is 20.6 Å². The molecule has 0 bridgehead atoms. The fourth-order valence-electron chi connectivity index (χ4n) is 3.21. The van der Waals surface area contributed by atoms with Gasteiger partial charge in [-0.15, -0.1) is 0 Å². The molecule has 154 valence electrons. The SMILES string of the molecule is Cc1ccc(-n2c(/C=C/c3ccc(Cl)cc3[N+](=O)[O-])nc3ccc(I)cc3c2=O)cc1. The van der Waals surface area contributed by atoms with Crippen LogP contribution in [0.5, 0.6) is 0 Å². The summed E-state index contributed by atoms with van der Waals surface area (Å²) < 4.78 is 2.44. The van der Waals surface area contributed by atoms with Crippen molar-refractivity contribution in [2.24, 2.45) is 0 Å². The van der Waals surface area contributed by atoms with E-state index in [-0.39, 0.29) is 16.3 Å². The van der Waals surface area contributed by atoms with Gasteiger partial charge in [0.15, 0.2) is 0 Å². The van der Waals surface area contributed by atoms with E-state index in [1.165, 1.54) is 10.6 Å². The van der Waals surface area contributed by atoms with Crippen molar-refractivity contribution in [3.05, 3.63) is 107 Å². The molecule has 4 rings (SSSR count). The number of nitrogens with zero attached hydrogens (tertiary/aromatic N) is 3. The zero-order valence-corrected chi connectivity index (χ0v) is 19.2. The van der Waals surface area contributed by atoms with Crippen LogP contribution in [-0.2, 0) is 0 Å². The summed E-state index contributed by atoms with van der Waals surface area (Å²) in [5.74, 6) is 0.367. The molecule has 0 unspecified atom stereocenters. The fraction of sp³-hybridized carbons (Fsp3) is 0.0435. The molecule has 0 N–H and O–H groups in total. The number of aryl methyl sites for hydroxylation is 1. The third-order valence-electron chi connectivity index (χ3n) is 4.75. The van der Waals surface area contributed by atoms with Crippen LogP contribution in [0.2, 0.25) is 5.02 Å². The zero-order chi connectivity index (χ0) is 22.1. The Bertz CT molecular complexity index is 1410. The Morgan fingerprint density at radius 3 is 2.52 bits per heavy atom. The third kappa shape index (κ3) is 4.38. The van der Waals surface area contributed by atoms with Gasteiger partial charge in [0, 0.05) is 14.7 Å². The van der Waals surface area contributed by atoms with E-state index in [1.54, 1.807) is 36.4 Å². The zero-order valence-electron chi connectivity index (χ0n) is 16.3. The van der Waals surface area contributed by atoms with Gasteiger partial charge in [-0.3, -0.25) is 19.5 Å². The molecular weight excluding hydrogens is 529 g/mol. The third-order valence-corrected chi connectivity index (χ3v) is 5.66. The van der Waals surface area contributed by atoms with Gasteiger partial charge < -0.3 is 0 Å². The van der Waals surface area contributed by atoms with Crippen molar-refractivity contribution >= 4 is 62.9 Å². The van der Waals surface area contributed by atoms with Crippen LogP contribution in [0.1, 0.15) is 17.0 Å². The van der Waals surface area contributed by atoms with Gasteiger partial charge in [0.05, 0.1) is 27.1 Å². The van der Waals surface area contributed by atoms with E-state index in [0.29, 0.717) is 28.0 Å². The second-order valence-corrected chi connectivity index (χ2v) is 8.58. The van der Waals surface area contributed by atoms with E-state index >= 15 is 0 Å². The summed E-state index contributed by atoms with van der Waals surface area (Å²) in [6.07, 6.45) is 3.17. The van der Waals surface area contributed by atoms with Crippen molar-refractivity contribution in [2.45, 2.75) is 6.92 Å². The first-order valence-corrected chi connectivity index (χ1v) is 10.7. The second kappa shape index (κ2) is 8.60. The van der Waals surface area contributed by atoms with E-state index < -0.39 is 4.92 Å². The Hall–Kier alpha value is -3.04. The maximum atomic E-state index is 13.4. The van der Waals surface area contributed by atoms with Crippen LogP contribution in [0.3, 0.4) is 0 Å². The Morgan fingerprint density at radius 1 is 1.06 bits per heavy atom. The van der Waals surface area contributed by atoms with Crippen LogP contribution >= 0.6 is 34.2 Å². The Kier molecular flexibility index (Phi) is 5.88. The average molecular weight is 544 g/mol. The van der Waals surface area contributed by atoms with Gasteiger partial charge in [-0.2, -0.15) is 0 Å². The lowest BCUT2D eigenvalue weighted by Crippen LogP contribution is -2.22. The minimum absolute atomic E-state index is 0.122. The molecule has 1 aromatic heterocycles. The number of halogens is 2. The number of benzene rings is 3. The van der Waals surface area contributed by atoms with Crippen molar-refractivity contribution in [2.75, 3.05) is 0 Å². The molecule has 1 heterocycles. The van der Waals surface area contributed by atoms with Gasteiger partial charge in [-0.1, -0.05) is 29.3 Å². The molecule has 0 atom stereocenters. The monoisotopic (exact) mass is 543 g/mol. The lowest BCUT2D eigenvalue weighted by molar-refractivity contribution is -0.385. The summed E-state index contributed by atoms with van der Waals surface area (Å²) >= 11 is 8.06. The predicted octanol–water partition coefficient (Wildman–Crippen LogP) is 6.03. The lowest BCUT2D eigenvalue weighted by atomic mass is 10.1. The number of aromatic nitrogens is 2. The smallest absolute Gasteiger partial charge is 0.268 e. The molecule has 0 saturated carbocycles. The van der Waals surface area contributed by atoms with E-state index in [0.717, 1.165) is 9.13 Å². The summed E-state index contributed by atoms with van der Waals surface area (Å²) in [6.45, 7) is 1.97. The summed E-state index contributed by atoms with van der Waals surface area (Å²) in [7, 11) is 0. The number of fused-ring (bicyclic) bond motifs is 1. The number of hydrogen-bond acceptors (Lipinski definition) is 4. The van der Waals surface area contributed by atoms with E-state index in [1.807, 2.05) is 37.3 Å².